The number of aromatic nitrogens is 3. The number of anilines is 1. The Morgan fingerprint density at radius 1 is 1.07 bits per heavy atom. The largest absolute Gasteiger partial charge is 0.477 e. The first kappa shape index (κ1) is 29.2. The highest BCUT2D eigenvalue weighted by Gasteiger charge is 2.31. The van der Waals surface area contributed by atoms with Crippen molar-refractivity contribution in [2.75, 3.05) is 44.6 Å². The van der Waals surface area contributed by atoms with Gasteiger partial charge in [0.2, 0.25) is 15.9 Å². The van der Waals surface area contributed by atoms with Gasteiger partial charge in [-0.3, -0.25) is 14.3 Å². The number of nitrogens with two attached hydrogens (primary N) is 1. The van der Waals surface area contributed by atoms with Crippen molar-refractivity contribution in [3.8, 4) is 5.88 Å². The van der Waals surface area contributed by atoms with Gasteiger partial charge in [0.25, 0.3) is 11.8 Å². The predicted molar refractivity (Wildman–Crippen MR) is 150 cm³/mol. The second kappa shape index (κ2) is 12.6. The highest BCUT2D eigenvalue weighted by molar-refractivity contribution is 7.89. The molecule has 1 aromatic carbocycles. The Balaban J connectivity index is 1.68. The van der Waals surface area contributed by atoms with E-state index in [1.165, 1.54) is 16.6 Å². The Morgan fingerprint density at radius 3 is 2.38 bits per heavy atom. The third-order valence-electron chi connectivity index (χ3n) is 6.81. The number of nitrogens with zero attached hydrogens (tertiary/aromatic N) is 5. The molecule has 3 heterocycles. The molecule has 0 atom stereocenters. The number of hydrogen-bond acceptors (Lipinski definition) is 8. The molecule has 0 unspecified atom stereocenters. The number of likely N-dealkylation sites (N-methyl/N-ethyl adjacent to an activating group) is 1. The maximum atomic E-state index is 13.6. The Morgan fingerprint density at radius 2 is 1.77 bits per heavy atom. The summed E-state index contributed by atoms with van der Waals surface area (Å²) in [4.78, 5) is 32.2. The Labute approximate surface area is 234 Å². The molecule has 2 amide bonds. The molecule has 1 fully saturated rings. The maximum absolute atomic E-state index is 13.6. The summed E-state index contributed by atoms with van der Waals surface area (Å²) in [6.45, 7) is 8.98. The lowest BCUT2D eigenvalue weighted by molar-refractivity contribution is 0.0995. The van der Waals surface area contributed by atoms with E-state index in [4.69, 9.17) is 10.5 Å². The Hall–Kier alpha value is -3.81. The summed E-state index contributed by atoms with van der Waals surface area (Å²) in [5, 5.41) is 7.13. The van der Waals surface area contributed by atoms with Crippen LogP contribution < -0.4 is 15.8 Å². The van der Waals surface area contributed by atoms with Crippen molar-refractivity contribution in [1.82, 2.24) is 24.0 Å². The average molecular weight is 570 g/mol. The number of pyridine rings is 1. The van der Waals surface area contributed by atoms with Crippen molar-refractivity contribution in [3.05, 3.63) is 65.1 Å². The van der Waals surface area contributed by atoms with Crippen LogP contribution in [0.4, 0.5) is 5.69 Å². The summed E-state index contributed by atoms with van der Waals surface area (Å²) < 4.78 is 35.4. The minimum atomic E-state index is -3.90. The molecule has 0 aliphatic carbocycles. The number of hydrogen-bond donors (Lipinski definition) is 2. The molecule has 0 saturated carbocycles. The van der Waals surface area contributed by atoms with E-state index >= 15 is 0 Å². The van der Waals surface area contributed by atoms with Crippen LogP contribution >= 0.6 is 0 Å². The molecular formula is C27H35N7O5S. The highest BCUT2D eigenvalue weighted by Crippen LogP contribution is 2.27. The first-order valence-corrected chi connectivity index (χ1v) is 14.7. The summed E-state index contributed by atoms with van der Waals surface area (Å²) >= 11 is 0. The van der Waals surface area contributed by atoms with Crippen molar-refractivity contribution >= 4 is 27.5 Å². The smallest absolute Gasteiger partial charge is 0.271 e. The molecule has 3 aromatic rings. The minimum Gasteiger partial charge on any atom is -0.477 e. The fourth-order valence-corrected chi connectivity index (χ4v) is 6.05. The second-order valence-corrected chi connectivity index (χ2v) is 11.2. The summed E-state index contributed by atoms with van der Waals surface area (Å²) in [6, 6.07) is 10.8. The Bertz CT molecular complexity index is 1470. The third kappa shape index (κ3) is 6.16. The van der Waals surface area contributed by atoms with Crippen molar-refractivity contribution < 1.29 is 22.7 Å². The number of amides is 2. The van der Waals surface area contributed by atoms with Crippen LogP contribution in [0, 0.1) is 0 Å². The van der Waals surface area contributed by atoms with Gasteiger partial charge in [-0.05, 0) is 31.5 Å². The monoisotopic (exact) mass is 569 g/mol. The van der Waals surface area contributed by atoms with E-state index < -0.39 is 21.8 Å². The molecule has 0 spiro atoms. The summed E-state index contributed by atoms with van der Waals surface area (Å²) in [6.07, 6.45) is 1.64. The SMILES string of the molecule is CCOc1ncc(S(=O)(=O)N2CCN(CC)CC2)cc1C(=O)Nc1c(C(N)=O)nn(Cc2ccccc2)c1CC. The van der Waals surface area contributed by atoms with E-state index in [1.807, 2.05) is 44.2 Å². The molecule has 40 heavy (non-hydrogen) atoms. The zero-order chi connectivity index (χ0) is 28.9. The number of ether oxygens (including phenoxy) is 1. The first-order valence-electron chi connectivity index (χ1n) is 13.3. The number of rotatable bonds is 11. The summed E-state index contributed by atoms with van der Waals surface area (Å²) in [7, 11) is -3.90. The molecule has 3 N–H and O–H groups in total. The van der Waals surface area contributed by atoms with E-state index in [-0.39, 0.29) is 34.3 Å². The predicted octanol–water partition coefficient (Wildman–Crippen LogP) is 1.96. The number of piperazine rings is 1. The number of benzene rings is 1. The lowest BCUT2D eigenvalue weighted by Crippen LogP contribution is -2.48. The summed E-state index contributed by atoms with van der Waals surface area (Å²) in [5.74, 6) is -1.52. The van der Waals surface area contributed by atoms with Crippen LogP contribution in [-0.2, 0) is 23.0 Å². The molecule has 13 heteroatoms. The van der Waals surface area contributed by atoms with Crippen molar-refractivity contribution in [2.45, 2.75) is 38.6 Å². The molecule has 12 nitrogen and oxygen atoms in total. The van der Waals surface area contributed by atoms with Crippen LogP contribution in [0.15, 0.2) is 47.5 Å². The van der Waals surface area contributed by atoms with Gasteiger partial charge >= 0.3 is 0 Å². The second-order valence-electron chi connectivity index (χ2n) is 9.28. The fourth-order valence-electron chi connectivity index (χ4n) is 4.65. The van der Waals surface area contributed by atoms with Gasteiger partial charge in [0, 0.05) is 26.2 Å². The lowest BCUT2D eigenvalue weighted by atomic mass is 10.2. The zero-order valence-electron chi connectivity index (χ0n) is 23.0. The molecule has 1 aliphatic rings. The molecule has 1 saturated heterocycles. The molecule has 2 aromatic heterocycles. The van der Waals surface area contributed by atoms with Crippen LogP contribution in [0.3, 0.4) is 0 Å². The normalized spacial score (nSPS) is 14.7. The topological polar surface area (TPSA) is 153 Å². The molecule has 0 radical (unpaired) electrons. The highest BCUT2D eigenvalue weighted by atomic mass is 32.2. The average Bonchev–Trinajstić information content (AvgIpc) is 3.30. The molecule has 4 rings (SSSR count). The maximum Gasteiger partial charge on any atom is 0.271 e. The number of nitrogens with one attached hydrogen (secondary N) is 1. The van der Waals surface area contributed by atoms with Crippen molar-refractivity contribution in [3.63, 3.8) is 0 Å². The van der Waals surface area contributed by atoms with E-state index in [9.17, 15) is 18.0 Å². The van der Waals surface area contributed by atoms with Crippen LogP contribution in [0.25, 0.3) is 0 Å². The standard InChI is InChI=1S/C27H35N7O5S/c1-4-22-23(24(25(28)35)31-34(22)18-19-10-8-7-9-11-19)30-26(36)21-16-20(17-29-27(21)39-6-3)40(37,38)33-14-12-32(5-2)13-15-33/h7-11,16-17H,4-6,12-15,18H2,1-3H3,(H2,28,35)(H,30,36). The number of sulfonamides is 1. The quantitative estimate of drug-likeness (QED) is 0.355. The summed E-state index contributed by atoms with van der Waals surface area (Å²) in [5.41, 5.74) is 7.17. The fraction of sp³-hybridized carbons (Fsp3) is 0.407. The Kier molecular flexibility index (Phi) is 9.17. The molecule has 1 aliphatic heterocycles. The molecular weight excluding hydrogens is 534 g/mol. The van der Waals surface area contributed by atoms with Crippen LogP contribution in [-0.4, -0.2) is 83.5 Å². The van der Waals surface area contributed by atoms with Gasteiger partial charge in [0.05, 0.1) is 30.7 Å². The third-order valence-corrected chi connectivity index (χ3v) is 8.67. The first-order chi connectivity index (χ1) is 19.2. The number of carbonyl (C=O) groups is 2. The van der Waals surface area contributed by atoms with Gasteiger partial charge in [0.15, 0.2) is 5.69 Å². The van der Waals surface area contributed by atoms with E-state index in [2.05, 4.69) is 20.3 Å². The van der Waals surface area contributed by atoms with Gasteiger partial charge in [-0.25, -0.2) is 13.4 Å². The lowest BCUT2D eigenvalue weighted by Gasteiger charge is -2.33. The molecule has 0 bridgehead atoms. The van der Waals surface area contributed by atoms with Crippen LogP contribution in [0.2, 0.25) is 0 Å². The van der Waals surface area contributed by atoms with Gasteiger partial charge in [0.1, 0.15) is 10.5 Å². The van der Waals surface area contributed by atoms with Crippen molar-refractivity contribution in [1.29, 1.82) is 0 Å². The van der Waals surface area contributed by atoms with Crippen LogP contribution in [0.5, 0.6) is 5.88 Å². The van der Waals surface area contributed by atoms with Gasteiger partial charge in [-0.2, -0.15) is 9.40 Å². The van der Waals surface area contributed by atoms with E-state index in [1.54, 1.807) is 11.6 Å². The van der Waals surface area contributed by atoms with Crippen molar-refractivity contribution in [2.24, 2.45) is 5.73 Å². The number of carbonyl (C=O) groups excluding carboxylic acids is 2. The zero-order valence-corrected chi connectivity index (χ0v) is 23.8. The van der Waals surface area contributed by atoms with E-state index in [0.717, 1.165) is 12.1 Å². The van der Waals surface area contributed by atoms with Gasteiger partial charge in [-0.1, -0.05) is 44.2 Å². The number of primary amides is 1. The van der Waals surface area contributed by atoms with E-state index in [0.29, 0.717) is 44.8 Å². The molecule has 214 valence electrons. The van der Waals surface area contributed by atoms with Crippen LogP contribution in [0.1, 0.15) is 52.9 Å². The van der Waals surface area contributed by atoms with Gasteiger partial charge in [-0.15, -0.1) is 0 Å². The minimum absolute atomic E-state index is 0.0231. The van der Waals surface area contributed by atoms with Gasteiger partial charge < -0.3 is 20.7 Å².